The van der Waals surface area contributed by atoms with E-state index < -0.39 is 35.2 Å². The fourth-order valence-corrected chi connectivity index (χ4v) is 5.58. The highest BCUT2D eigenvalue weighted by molar-refractivity contribution is 5.88. The van der Waals surface area contributed by atoms with Gasteiger partial charge in [0.15, 0.2) is 5.69 Å². The van der Waals surface area contributed by atoms with E-state index in [1.54, 1.807) is 4.68 Å². The number of nitrogens with one attached hydrogen (secondary N) is 1. The fourth-order valence-electron chi connectivity index (χ4n) is 5.58. The molecule has 42 heavy (non-hydrogen) atoms. The van der Waals surface area contributed by atoms with Gasteiger partial charge >= 0.3 is 12.2 Å². The number of halogens is 5. The van der Waals surface area contributed by atoms with E-state index in [1.807, 2.05) is 36.9 Å². The van der Waals surface area contributed by atoms with Gasteiger partial charge in [0.05, 0.1) is 22.8 Å². The lowest BCUT2D eigenvalue weighted by Gasteiger charge is -2.27. The van der Waals surface area contributed by atoms with Crippen LogP contribution in [-0.2, 0) is 45.6 Å². The van der Waals surface area contributed by atoms with Crippen LogP contribution in [0.1, 0.15) is 47.5 Å². The molecular weight excluding hydrogens is 557 g/mol. The van der Waals surface area contributed by atoms with Gasteiger partial charge < -0.3 is 11.1 Å². The third kappa shape index (κ3) is 5.48. The molecule has 0 unspecified atom stereocenters. The molecule has 8 nitrogen and oxygen atoms in total. The van der Waals surface area contributed by atoms with E-state index in [1.165, 1.54) is 13.2 Å². The van der Waals surface area contributed by atoms with Gasteiger partial charge in [0.2, 0.25) is 0 Å². The molecule has 0 fully saturated rings. The number of alkyl halides is 3. The molecule has 2 aromatic heterocycles. The Hall–Kier alpha value is -4.26. The lowest BCUT2D eigenvalue weighted by molar-refractivity contribution is -0.142. The molecule has 1 aliphatic rings. The van der Waals surface area contributed by atoms with Crippen LogP contribution < -0.4 is 11.1 Å². The van der Waals surface area contributed by atoms with Gasteiger partial charge in [-0.05, 0) is 30.0 Å². The largest absolute Gasteiger partial charge is 0.435 e. The Morgan fingerprint density at radius 1 is 1.05 bits per heavy atom. The van der Waals surface area contributed by atoms with Crippen LogP contribution in [0.4, 0.5) is 32.4 Å². The summed E-state index contributed by atoms with van der Waals surface area (Å²) in [6.07, 6.45) is -1.59. The number of amides is 2. The van der Waals surface area contributed by atoms with Crippen LogP contribution in [0.2, 0.25) is 0 Å². The molecule has 0 saturated carbocycles. The zero-order chi connectivity index (χ0) is 30.3. The number of nitrogens with zero attached hydrogens (tertiary/aromatic N) is 5. The molecule has 2 amide bonds. The molecule has 1 aliphatic heterocycles. The number of fused-ring (bicyclic) bond motifs is 1. The first-order chi connectivity index (χ1) is 19.9. The lowest BCUT2D eigenvalue weighted by Crippen LogP contribution is -2.30. The molecule has 0 bridgehead atoms. The van der Waals surface area contributed by atoms with E-state index in [0.717, 1.165) is 33.6 Å². The second-order valence-electron chi connectivity index (χ2n) is 10.3. The zero-order valence-electron chi connectivity index (χ0n) is 23.3. The van der Waals surface area contributed by atoms with Crippen molar-refractivity contribution in [3.05, 3.63) is 81.8 Å². The van der Waals surface area contributed by atoms with Crippen LogP contribution in [0, 0.1) is 11.6 Å². The van der Waals surface area contributed by atoms with Crippen LogP contribution in [0.3, 0.4) is 0 Å². The number of aromatic nitrogens is 4. The minimum Gasteiger partial charge on any atom is -0.351 e. The Kier molecular flexibility index (Phi) is 7.80. The summed E-state index contributed by atoms with van der Waals surface area (Å²) in [5.41, 5.74) is 7.86. The van der Waals surface area contributed by atoms with Crippen molar-refractivity contribution in [3.8, 4) is 16.9 Å². The molecule has 13 heteroatoms. The lowest BCUT2D eigenvalue weighted by atomic mass is 9.98. The Labute approximate surface area is 238 Å². The molecule has 222 valence electrons. The minimum atomic E-state index is -4.62. The van der Waals surface area contributed by atoms with Crippen molar-refractivity contribution in [2.75, 3.05) is 11.9 Å². The summed E-state index contributed by atoms with van der Waals surface area (Å²) >= 11 is 0. The molecule has 0 spiro atoms. The zero-order valence-corrected chi connectivity index (χ0v) is 23.3. The molecular formula is C29H30F5N7O. The van der Waals surface area contributed by atoms with Crippen molar-refractivity contribution < 1.29 is 26.7 Å². The third-order valence-electron chi connectivity index (χ3n) is 7.43. The molecule has 0 saturated heterocycles. The molecule has 5 rings (SSSR count). The summed E-state index contributed by atoms with van der Waals surface area (Å²) in [5.74, 6) is -1.72. The summed E-state index contributed by atoms with van der Waals surface area (Å²) in [6, 6.07) is 6.63. The van der Waals surface area contributed by atoms with E-state index in [0.29, 0.717) is 42.8 Å². The van der Waals surface area contributed by atoms with Crippen LogP contribution >= 0.6 is 0 Å². The van der Waals surface area contributed by atoms with Gasteiger partial charge in [0.1, 0.15) is 11.6 Å². The van der Waals surface area contributed by atoms with Crippen molar-refractivity contribution in [2.45, 2.75) is 52.4 Å². The number of primary amides is 1. The topological polar surface area (TPSA) is 94.0 Å². The van der Waals surface area contributed by atoms with Gasteiger partial charge in [0.25, 0.3) is 0 Å². The SMILES string of the molecule is CCc1cccc(CC)c1-n1nc2c(c1-c1cc(F)c(NC(N)=O)cc1F)CN(Cc1cn(C)nc1C(F)(F)F)CC2. The maximum atomic E-state index is 15.8. The molecule has 0 aliphatic carbocycles. The molecule has 3 heterocycles. The Morgan fingerprint density at radius 2 is 1.74 bits per heavy atom. The van der Waals surface area contributed by atoms with E-state index in [2.05, 4.69) is 10.4 Å². The number of urea groups is 1. The molecule has 2 aromatic carbocycles. The maximum Gasteiger partial charge on any atom is 0.435 e. The number of anilines is 1. The number of carbonyl (C=O) groups is 1. The number of carbonyl (C=O) groups excluding carboxylic acids is 1. The van der Waals surface area contributed by atoms with E-state index in [4.69, 9.17) is 10.8 Å². The molecule has 3 N–H and O–H groups in total. The average molecular weight is 588 g/mol. The van der Waals surface area contributed by atoms with Gasteiger partial charge in [-0.1, -0.05) is 32.0 Å². The second-order valence-corrected chi connectivity index (χ2v) is 10.3. The highest BCUT2D eigenvalue weighted by Gasteiger charge is 2.38. The number of benzene rings is 2. The predicted molar refractivity (Wildman–Crippen MR) is 147 cm³/mol. The minimum absolute atomic E-state index is 0.0195. The van der Waals surface area contributed by atoms with Crippen LogP contribution in [0.5, 0.6) is 0 Å². The second kappa shape index (κ2) is 11.2. The van der Waals surface area contributed by atoms with E-state index in [-0.39, 0.29) is 24.2 Å². The summed E-state index contributed by atoms with van der Waals surface area (Å²) in [7, 11) is 1.43. The van der Waals surface area contributed by atoms with Crippen molar-refractivity contribution in [2.24, 2.45) is 12.8 Å². The Balaban J connectivity index is 1.67. The fraction of sp³-hybridized carbons (Fsp3) is 0.345. The number of rotatable bonds is 7. The quantitative estimate of drug-likeness (QED) is 0.270. The van der Waals surface area contributed by atoms with Gasteiger partial charge in [-0.25, -0.2) is 18.3 Å². The predicted octanol–water partition coefficient (Wildman–Crippen LogP) is 5.74. The monoisotopic (exact) mass is 587 g/mol. The van der Waals surface area contributed by atoms with Crippen LogP contribution in [0.25, 0.3) is 16.9 Å². The summed E-state index contributed by atoms with van der Waals surface area (Å²) in [6.45, 7) is 4.48. The number of hydrogen-bond donors (Lipinski definition) is 2. The molecule has 0 atom stereocenters. The van der Waals surface area contributed by atoms with Crippen LogP contribution in [0.15, 0.2) is 36.5 Å². The first-order valence-electron chi connectivity index (χ1n) is 13.5. The summed E-state index contributed by atoms with van der Waals surface area (Å²) in [4.78, 5) is 13.1. The summed E-state index contributed by atoms with van der Waals surface area (Å²) < 4.78 is 74.6. The first-order valence-corrected chi connectivity index (χ1v) is 13.5. The normalized spacial score (nSPS) is 13.8. The van der Waals surface area contributed by atoms with E-state index in [9.17, 15) is 18.0 Å². The van der Waals surface area contributed by atoms with Gasteiger partial charge in [-0.3, -0.25) is 9.58 Å². The smallest absolute Gasteiger partial charge is 0.351 e. The van der Waals surface area contributed by atoms with Crippen molar-refractivity contribution in [3.63, 3.8) is 0 Å². The Morgan fingerprint density at radius 3 is 2.36 bits per heavy atom. The number of para-hydroxylation sites is 1. The first kappa shape index (κ1) is 29.2. The van der Waals surface area contributed by atoms with Crippen molar-refractivity contribution in [1.29, 1.82) is 0 Å². The molecule has 4 aromatic rings. The van der Waals surface area contributed by atoms with Gasteiger partial charge in [0, 0.05) is 62.1 Å². The highest BCUT2D eigenvalue weighted by Crippen LogP contribution is 2.39. The third-order valence-corrected chi connectivity index (χ3v) is 7.43. The standard InChI is InChI=1S/C29H30F5N7O/c1-4-16-7-6-8-17(5-2)25(16)41-26(19-11-22(31)24(12-21(19)30)36-28(35)42)20-15-40(10-9-23(20)37-41)14-18-13-39(3)38-27(18)29(32,33)34/h6-8,11-13H,4-5,9-10,14-15H2,1-3H3,(H3,35,36,42). The number of hydrogen-bond acceptors (Lipinski definition) is 4. The maximum absolute atomic E-state index is 15.8. The van der Waals surface area contributed by atoms with E-state index >= 15 is 8.78 Å². The average Bonchev–Trinajstić information content (AvgIpc) is 3.49. The van der Waals surface area contributed by atoms with Crippen molar-refractivity contribution in [1.82, 2.24) is 24.5 Å². The number of nitrogens with two attached hydrogens (primary N) is 1. The van der Waals surface area contributed by atoms with Gasteiger partial charge in [-0.2, -0.15) is 23.4 Å². The number of aryl methyl sites for hydroxylation is 3. The van der Waals surface area contributed by atoms with Crippen LogP contribution in [-0.4, -0.2) is 37.0 Å². The molecule has 0 radical (unpaired) electrons. The van der Waals surface area contributed by atoms with Crippen molar-refractivity contribution >= 4 is 11.7 Å². The summed E-state index contributed by atoms with van der Waals surface area (Å²) in [5, 5.41) is 10.6. The highest BCUT2D eigenvalue weighted by atomic mass is 19.4. The Bertz CT molecular complexity index is 1630. The van der Waals surface area contributed by atoms with Gasteiger partial charge in [-0.15, -0.1) is 0 Å².